The van der Waals surface area contributed by atoms with E-state index in [1.807, 2.05) is 6.92 Å². The molecule has 2 aliphatic rings. The van der Waals surface area contributed by atoms with E-state index >= 15 is 0 Å². The van der Waals surface area contributed by atoms with E-state index in [0.717, 1.165) is 19.3 Å². The molecular weight excluding hydrogens is 196 g/mol. The van der Waals surface area contributed by atoms with Crippen molar-refractivity contribution in [1.82, 2.24) is 0 Å². The maximum atomic E-state index is 5.77. The molecule has 4 nitrogen and oxygen atoms in total. The van der Waals surface area contributed by atoms with Crippen LogP contribution in [0.15, 0.2) is 0 Å². The second kappa shape index (κ2) is 4.37. The molecule has 0 radical (unpaired) electrons. The first-order valence-corrected chi connectivity index (χ1v) is 5.82. The van der Waals surface area contributed by atoms with Crippen molar-refractivity contribution in [1.29, 1.82) is 0 Å². The zero-order chi connectivity index (χ0) is 10.9. The molecule has 0 aromatic carbocycles. The summed E-state index contributed by atoms with van der Waals surface area (Å²) in [6, 6.07) is 0. The molecule has 2 aliphatic heterocycles. The molecular formula is C11H20O4. The van der Waals surface area contributed by atoms with Crippen molar-refractivity contribution in [2.24, 2.45) is 0 Å². The fourth-order valence-corrected chi connectivity index (χ4v) is 2.19. The van der Waals surface area contributed by atoms with Gasteiger partial charge in [0.2, 0.25) is 0 Å². The number of hydrogen-bond acceptors (Lipinski definition) is 4. The van der Waals surface area contributed by atoms with Crippen LogP contribution in [0.2, 0.25) is 0 Å². The molecule has 0 amide bonds. The van der Waals surface area contributed by atoms with Crippen molar-refractivity contribution < 1.29 is 18.9 Å². The van der Waals surface area contributed by atoms with Gasteiger partial charge in [-0.3, -0.25) is 4.74 Å². The van der Waals surface area contributed by atoms with E-state index in [1.54, 1.807) is 6.92 Å². The third-order valence-corrected chi connectivity index (χ3v) is 2.96. The predicted molar refractivity (Wildman–Crippen MR) is 54.2 cm³/mol. The highest BCUT2D eigenvalue weighted by Gasteiger charge is 2.48. The third kappa shape index (κ3) is 2.33. The Morgan fingerprint density at radius 3 is 2.73 bits per heavy atom. The molecule has 0 aromatic heterocycles. The first-order chi connectivity index (χ1) is 7.17. The van der Waals surface area contributed by atoms with Crippen LogP contribution in [0.25, 0.3) is 0 Å². The van der Waals surface area contributed by atoms with Gasteiger partial charge in [-0.1, -0.05) is 6.92 Å². The van der Waals surface area contributed by atoms with Crippen molar-refractivity contribution >= 4 is 0 Å². The van der Waals surface area contributed by atoms with E-state index < -0.39 is 5.97 Å². The Hall–Kier alpha value is -0.160. The number of fused-ring (bicyclic) bond motifs is 1. The highest BCUT2D eigenvalue weighted by atomic mass is 16.9. The zero-order valence-electron chi connectivity index (χ0n) is 9.69. The van der Waals surface area contributed by atoms with E-state index in [4.69, 9.17) is 18.9 Å². The highest BCUT2D eigenvalue weighted by Crippen LogP contribution is 2.37. The lowest BCUT2D eigenvalue weighted by atomic mass is 10.0. The van der Waals surface area contributed by atoms with Crippen LogP contribution >= 0.6 is 0 Å². The summed E-state index contributed by atoms with van der Waals surface area (Å²) in [6.07, 6.45) is 3.15. The van der Waals surface area contributed by atoms with Gasteiger partial charge in [-0.2, -0.15) is 0 Å². The van der Waals surface area contributed by atoms with Crippen LogP contribution < -0.4 is 0 Å². The van der Waals surface area contributed by atoms with Crippen LogP contribution in [0.3, 0.4) is 0 Å². The van der Waals surface area contributed by atoms with Gasteiger partial charge < -0.3 is 14.2 Å². The lowest BCUT2D eigenvalue weighted by Gasteiger charge is -2.28. The summed E-state index contributed by atoms with van der Waals surface area (Å²) >= 11 is 0. The molecule has 0 unspecified atom stereocenters. The predicted octanol–water partition coefficient (Wildman–Crippen LogP) is 2.03. The Morgan fingerprint density at radius 2 is 2.07 bits per heavy atom. The number of ether oxygens (including phenoxy) is 4. The molecule has 15 heavy (non-hydrogen) atoms. The Labute approximate surface area is 90.8 Å². The topological polar surface area (TPSA) is 36.9 Å². The Kier molecular flexibility index (Phi) is 3.30. The molecule has 4 atom stereocenters. The monoisotopic (exact) mass is 216 g/mol. The van der Waals surface area contributed by atoms with Gasteiger partial charge in [0.25, 0.3) is 5.97 Å². The molecule has 2 heterocycles. The Morgan fingerprint density at radius 1 is 1.27 bits per heavy atom. The average molecular weight is 216 g/mol. The lowest BCUT2D eigenvalue weighted by molar-refractivity contribution is -0.341. The van der Waals surface area contributed by atoms with Crippen LogP contribution in [-0.2, 0) is 18.9 Å². The van der Waals surface area contributed by atoms with Crippen molar-refractivity contribution in [2.75, 3.05) is 6.61 Å². The van der Waals surface area contributed by atoms with E-state index in [1.165, 1.54) is 0 Å². The van der Waals surface area contributed by atoms with E-state index in [0.29, 0.717) is 12.7 Å². The summed E-state index contributed by atoms with van der Waals surface area (Å²) in [7, 11) is 0. The van der Waals surface area contributed by atoms with Crippen molar-refractivity contribution in [3.8, 4) is 0 Å². The van der Waals surface area contributed by atoms with Gasteiger partial charge in [-0.05, 0) is 26.2 Å². The van der Waals surface area contributed by atoms with Gasteiger partial charge in [-0.15, -0.1) is 0 Å². The maximum Gasteiger partial charge on any atom is 0.282 e. The van der Waals surface area contributed by atoms with Gasteiger partial charge in [-0.25, -0.2) is 0 Å². The molecule has 0 saturated carbocycles. The minimum atomic E-state index is -0.910. The quantitative estimate of drug-likeness (QED) is 0.723. The van der Waals surface area contributed by atoms with Crippen LogP contribution in [0, 0.1) is 0 Å². The van der Waals surface area contributed by atoms with Crippen LogP contribution in [-0.4, -0.2) is 31.1 Å². The van der Waals surface area contributed by atoms with E-state index in [9.17, 15) is 0 Å². The second-order valence-corrected chi connectivity index (χ2v) is 4.18. The molecule has 2 rings (SSSR count). The fourth-order valence-electron chi connectivity index (χ4n) is 2.19. The minimum Gasteiger partial charge on any atom is -0.346 e. The fraction of sp³-hybridized carbons (Fsp3) is 1.00. The third-order valence-electron chi connectivity index (χ3n) is 2.96. The summed E-state index contributed by atoms with van der Waals surface area (Å²) in [5.41, 5.74) is 0. The Balaban J connectivity index is 1.95. The van der Waals surface area contributed by atoms with Crippen molar-refractivity contribution in [3.63, 3.8) is 0 Å². The molecule has 4 heteroatoms. The maximum absolute atomic E-state index is 5.77. The summed E-state index contributed by atoms with van der Waals surface area (Å²) in [4.78, 5) is 0. The molecule has 0 N–H and O–H groups in total. The Bertz CT molecular complexity index is 221. The highest BCUT2D eigenvalue weighted by molar-refractivity contribution is 4.80. The number of rotatable bonds is 3. The number of hydrogen-bond donors (Lipinski definition) is 0. The van der Waals surface area contributed by atoms with E-state index in [-0.39, 0.29) is 12.4 Å². The second-order valence-electron chi connectivity index (χ2n) is 4.18. The standard InChI is InChI=1S/C11H20O4/c1-4-8-6-7-9-10(13-8)15-11(3,14-9)12-5-2/h8-10H,4-7H2,1-3H3/t8-,9-,10+,11+/m1/s1. The first kappa shape index (κ1) is 11.3. The minimum absolute atomic E-state index is 0.0318. The average Bonchev–Trinajstić information content (AvgIpc) is 2.53. The van der Waals surface area contributed by atoms with Crippen molar-refractivity contribution in [3.05, 3.63) is 0 Å². The van der Waals surface area contributed by atoms with Crippen molar-refractivity contribution in [2.45, 2.75) is 64.5 Å². The van der Waals surface area contributed by atoms with Gasteiger partial charge in [0, 0.05) is 13.5 Å². The SMILES string of the molecule is CCO[C@]1(C)O[C@@H]2O[C@H](CC)CC[C@H]2O1. The summed E-state index contributed by atoms with van der Waals surface area (Å²) in [5, 5.41) is 0. The first-order valence-electron chi connectivity index (χ1n) is 5.82. The molecule has 88 valence electrons. The lowest BCUT2D eigenvalue weighted by Crippen LogP contribution is -2.36. The molecule has 2 fully saturated rings. The zero-order valence-corrected chi connectivity index (χ0v) is 9.69. The summed E-state index contributed by atoms with van der Waals surface area (Å²) in [6.45, 7) is 6.43. The van der Waals surface area contributed by atoms with Crippen LogP contribution in [0.1, 0.15) is 40.0 Å². The summed E-state index contributed by atoms with van der Waals surface area (Å²) < 4.78 is 22.6. The van der Waals surface area contributed by atoms with Gasteiger partial charge in [0.1, 0.15) is 6.10 Å². The molecule has 0 aliphatic carbocycles. The van der Waals surface area contributed by atoms with Gasteiger partial charge in [0.15, 0.2) is 6.29 Å². The molecule has 0 aromatic rings. The largest absolute Gasteiger partial charge is 0.346 e. The normalized spacial score (nSPS) is 45.4. The summed E-state index contributed by atoms with van der Waals surface area (Å²) in [5.74, 6) is -0.910. The molecule has 0 spiro atoms. The van der Waals surface area contributed by atoms with Gasteiger partial charge >= 0.3 is 0 Å². The van der Waals surface area contributed by atoms with E-state index in [2.05, 4.69) is 6.92 Å². The molecule has 2 saturated heterocycles. The smallest absolute Gasteiger partial charge is 0.282 e. The van der Waals surface area contributed by atoms with Gasteiger partial charge in [0.05, 0.1) is 6.10 Å². The van der Waals surface area contributed by atoms with Crippen LogP contribution in [0.5, 0.6) is 0 Å². The van der Waals surface area contributed by atoms with Crippen LogP contribution in [0.4, 0.5) is 0 Å². The molecule has 0 bridgehead atoms.